The number of aromatic nitrogens is 2. The zero-order valence-electron chi connectivity index (χ0n) is 10.9. The maximum Gasteiger partial charge on any atom is 0.284 e. The van der Waals surface area contributed by atoms with E-state index in [-0.39, 0.29) is 22.4 Å². The van der Waals surface area contributed by atoms with E-state index in [2.05, 4.69) is 10.4 Å². The van der Waals surface area contributed by atoms with E-state index in [9.17, 15) is 14.9 Å². The second kappa shape index (κ2) is 6.59. The summed E-state index contributed by atoms with van der Waals surface area (Å²) >= 11 is 6.81. The van der Waals surface area contributed by atoms with Crippen LogP contribution < -0.4 is 5.32 Å². The van der Waals surface area contributed by atoms with Crippen LogP contribution in [0.15, 0.2) is 35.5 Å². The van der Waals surface area contributed by atoms with Crippen LogP contribution >= 0.6 is 23.4 Å². The quantitative estimate of drug-likeness (QED) is 0.518. The molecule has 0 fully saturated rings. The Morgan fingerprint density at radius 3 is 2.95 bits per heavy atom. The van der Waals surface area contributed by atoms with Crippen LogP contribution in [0.3, 0.4) is 0 Å². The van der Waals surface area contributed by atoms with Gasteiger partial charge in [-0.2, -0.15) is 5.10 Å². The normalized spacial score (nSPS) is 10.4. The number of carbonyl (C=O) groups excluding carboxylic acids is 1. The highest BCUT2D eigenvalue weighted by atomic mass is 35.5. The SMILES string of the molecule is Cn1cc(NC(=O)CSc2ccc(Cl)cc2[N+](=O)[O-])cn1. The maximum atomic E-state index is 11.8. The Balaban J connectivity index is 1.99. The van der Waals surface area contributed by atoms with Crippen LogP contribution in [0, 0.1) is 10.1 Å². The monoisotopic (exact) mass is 326 g/mol. The van der Waals surface area contributed by atoms with Gasteiger partial charge in [0.2, 0.25) is 5.91 Å². The zero-order valence-corrected chi connectivity index (χ0v) is 12.5. The zero-order chi connectivity index (χ0) is 15.4. The molecule has 2 rings (SSSR count). The molecule has 0 radical (unpaired) electrons. The third-order valence-corrected chi connectivity index (χ3v) is 3.76. The number of hydrogen-bond acceptors (Lipinski definition) is 5. The van der Waals surface area contributed by atoms with Crippen molar-refractivity contribution in [2.45, 2.75) is 4.90 Å². The Morgan fingerprint density at radius 1 is 1.57 bits per heavy atom. The molecule has 0 aliphatic heterocycles. The number of nitro groups is 1. The predicted octanol–water partition coefficient (Wildman–Crippen LogP) is 2.71. The molecule has 21 heavy (non-hydrogen) atoms. The molecule has 1 aromatic carbocycles. The molecule has 0 saturated heterocycles. The van der Waals surface area contributed by atoms with Gasteiger partial charge in [-0.25, -0.2) is 0 Å². The van der Waals surface area contributed by atoms with Crippen LogP contribution in [0.2, 0.25) is 5.02 Å². The number of nitrogens with one attached hydrogen (secondary N) is 1. The standard InChI is InChI=1S/C12H11ClN4O3S/c1-16-6-9(5-14-16)15-12(18)7-21-11-3-2-8(13)4-10(11)17(19)20/h2-6H,7H2,1H3,(H,15,18). The van der Waals surface area contributed by atoms with E-state index in [1.165, 1.54) is 18.3 Å². The minimum atomic E-state index is -0.521. The van der Waals surface area contributed by atoms with Crippen molar-refractivity contribution >= 4 is 40.6 Å². The number of carbonyl (C=O) groups is 1. The number of benzene rings is 1. The molecule has 1 aromatic heterocycles. The Morgan fingerprint density at radius 2 is 2.33 bits per heavy atom. The topological polar surface area (TPSA) is 90.1 Å². The average molecular weight is 327 g/mol. The van der Waals surface area contributed by atoms with Gasteiger partial charge in [0.25, 0.3) is 5.69 Å². The largest absolute Gasteiger partial charge is 0.323 e. The van der Waals surface area contributed by atoms with Crippen LogP contribution in [0.25, 0.3) is 0 Å². The lowest BCUT2D eigenvalue weighted by atomic mass is 10.3. The fourth-order valence-corrected chi connectivity index (χ4v) is 2.55. The highest BCUT2D eigenvalue weighted by Gasteiger charge is 2.16. The van der Waals surface area contributed by atoms with Gasteiger partial charge < -0.3 is 5.32 Å². The Hall–Kier alpha value is -2.06. The predicted molar refractivity (Wildman–Crippen MR) is 80.7 cm³/mol. The van der Waals surface area contributed by atoms with Crippen LogP contribution in [0.5, 0.6) is 0 Å². The number of rotatable bonds is 5. The molecule has 7 nitrogen and oxygen atoms in total. The van der Waals surface area contributed by atoms with Gasteiger partial charge in [0.15, 0.2) is 0 Å². The van der Waals surface area contributed by atoms with Gasteiger partial charge in [0, 0.05) is 24.3 Å². The summed E-state index contributed by atoms with van der Waals surface area (Å²) in [5.74, 6) is -0.213. The molecule has 0 saturated carbocycles. The molecule has 0 aliphatic carbocycles. The highest BCUT2D eigenvalue weighted by molar-refractivity contribution is 8.00. The van der Waals surface area contributed by atoms with Crippen LogP contribution in [0.1, 0.15) is 0 Å². The lowest BCUT2D eigenvalue weighted by Crippen LogP contribution is -2.13. The first kappa shape index (κ1) is 15.3. The third kappa shape index (κ3) is 4.20. The van der Waals surface area contributed by atoms with E-state index in [1.54, 1.807) is 24.0 Å². The van der Waals surface area contributed by atoms with Crippen molar-refractivity contribution < 1.29 is 9.72 Å². The van der Waals surface area contributed by atoms with E-state index < -0.39 is 4.92 Å². The molecule has 0 unspecified atom stereocenters. The molecular weight excluding hydrogens is 316 g/mol. The average Bonchev–Trinajstić information content (AvgIpc) is 2.82. The van der Waals surface area contributed by atoms with Crippen molar-refractivity contribution in [3.8, 4) is 0 Å². The summed E-state index contributed by atoms with van der Waals surface area (Å²) in [5, 5.41) is 17.8. The van der Waals surface area contributed by atoms with E-state index in [1.807, 2.05) is 0 Å². The van der Waals surface area contributed by atoms with E-state index >= 15 is 0 Å². The third-order valence-electron chi connectivity index (χ3n) is 2.47. The number of aryl methyl sites for hydroxylation is 1. The number of hydrogen-bond donors (Lipinski definition) is 1. The molecule has 2 aromatic rings. The summed E-state index contributed by atoms with van der Waals surface area (Å²) in [5.41, 5.74) is 0.468. The summed E-state index contributed by atoms with van der Waals surface area (Å²) in [6.45, 7) is 0. The van der Waals surface area contributed by atoms with Gasteiger partial charge >= 0.3 is 0 Å². The van der Waals surface area contributed by atoms with E-state index in [4.69, 9.17) is 11.6 Å². The van der Waals surface area contributed by atoms with Crippen molar-refractivity contribution in [2.24, 2.45) is 7.05 Å². The number of amides is 1. The van der Waals surface area contributed by atoms with Gasteiger partial charge in [-0.05, 0) is 12.1 Å². The molecule has 0 atom stereocenters. The van der Waals surface area contributed by atoms with Crippen molar-refractivity contribution in [3.63, 3.8) is 0 Å². The summed E-state index contributed by atoms with van der Waals surface area (Å²) in [4.78, 5) is 22.6. The van der Waals surface area contributed by atoms with Gasteiger partial charge in [0.1, 0.15) is 0 Å². The Bertz CT molecular complexity index is 689. The summed E-state index contributed by atoms with van der Waals surface area (Å²) in [6, 6.07) is 4.35. The van der Waals surface area contributed by atoms with Crippen molar-refractivity contribution in [1.82, 2.24) is 9.78 Å². The summed E-state index contributed by atoms with van der Waals surface area (Å²) < 4.78 is 1.56. The molecule has 110 valence electrons. The molecule has 1 heterocycles. The van der Waals surface area contributed by atoms with E-state index in [0.29, 0.717) is 10.6 Å². The minimum Gasteiger partial charge on any atom is -0.323 e. The molecule has 1 amide bonds. The summed E-state index contributed by atoms with van der Waals surface area (Å²) in [6.07, 6.45) is 3.18. The van der Waals surface area contributed by atoms with Crippen molar-refractivity contribution in [1.29, 1.82) is 0 Å². The van der Waals surface area contributed by atoms with Crippen molar-refractivity contribution in [2.75, 3.05) is 11.1 Å². The Kier molecular flexibility index (Phi) is 4.81. The molecule has 0 bridgehead atoms. The molecular formula is C12H11ClN4O3S. The first-order valence-corrected chi connectivity index (χ1v) is 7.17. The molecule has 0 spiro atoms. The molecule has 9 heteroatoms. The van der Waals surface area contributed by atoms with Crippen LogP contribution in [-0.2, 0) is 11.8 Å². The number of anilines is 1. The highest BCUT2D eigenvalue weighted by Crippen LogP contribution is 2.31. The Labute approximate surface area is 129 Å². The van der Waals surface area contributed by atoms with Gasteiger partial charge in [0.05, 0.1) is 27.5 Å². The van der Waals surface area contributed by atoms with Gasteiger partial charge in [-0.3, -0.25) is 19.6 Å². The van der Waals surface area contributed by atoms with Crippen LogP contribution in [0.4, 0.5) is 11.4 Å². The number of nitro benzene ring substituents is 1. The fourth-order valence-electron chi connectivity index (χ4n) is 1.58. The first-order valence-electron chi connectivity index (χ1n) is 5.81. The fraction of sp³-hybridized carbons (Fsp3) is 0.167. The van der Waals surface area contributed by atoms with E-state index in [0.717, 1.165) is 11.8 Å². The maximum absolute atomic E-state index is 11.8. The number of nitrogens with zero attached hydrogens (tertiary/aromatic N) is 3. The minimum absolute atomic E-state index is 0.0529. The first-order chi connectivity index (χ1) is 9.95. The lowest BCUT2D eigenvalue weighted by Gasteiger charge is -2.04. The number of halogens is 1. The van der Waals surface area contributed by atoms with Gasteiger partial charge in [-0.15, -0.1) is 11.8 Å². The lowest BCUT2D eigenvalue weighted by molar-refractivity contribution is -0.387. The smallest absolute Gasteiger partial charge is 0.284 e. The second-order valence-corrected chi connectivity index (χ2v) is 5.56. The second-order valence-electron chi connectivity index (χ2n) is 4.11. The number of thioether (sulfide) groups is 1. The summed E-state index contributed by atoms with van der Waals surface area (Å²) in [7, 11) is 1.74. The molecule has 0 aliphatic rings. The van der Waals surface area contributed by atoms with Crippen molar-refractivity contribution in [3.05, 3.63) is 45.7 Å². The van der Waals surface area contributed by atoms with Gasteiger partial charge in [-0.1, -0.05) is 11.6 Å². The van der Waals surface area contributed by atoms with Crippen LogP contribution in [-0.4, -0.2) is 26.4 Å². The molecule has 1 N–H and O–H groups in total.